The van der Waals surface area contributed by atoms with Crippen molar-refractivity contribution < 1.29 is 8.42 Å². The monoisotopic (exact) mass is 238 g/mol. The minimum atomic E-state index is -2.96. The number of rotatable bonds is 1. The number of nitrogens with zero attached hydrogens (tertiary/aromatic N) is 1. The van der Waals surface area contributed by atoms with E-state index in [0.717, 1.165) is 0 Å². The summed E-state index contributed by atoms with van der Waals surface area (Å²) in [5.41, 5.74) is 0.193. The Hall–Kier alpha value is -1.61. The number of H-pyrrole nitrogens is 1. The zero-order chi connectivity index (χ0) is 11.8. The van der Waals surface area contributed by atoms with Crippen LogP contribution in [0.2, 0.25) is 0 Å². The van der Waals surface area contributed by atoms with Gasteiger partial charge in [0.15, 0.2) is 9.84 Å². The molecule has 1 aromatic heterocycles. The van der Waals surface area contributed by atoms with E-state index in [1.807, 2.05) is 0 Å². The van der Waals surface area contributed by atoms with Gasteiger partial charge in [-0.25, -0.2) is 8.42 Å². The van der Waals surface area contributed by atoms with Gasteiger partial charge >= 0.3 is 0 Å². The SMILES string of the molecule is N#Cc1ccc(C2CCS(=O)(=O)C2)[nH]c1=O. The summed E-state index contributed by atoms with van der Waals surface area (Å²) in [5, 5.41) is 8.59. The lowest BCUT2D eigenvalue weighted by molar-refractivity contribution is 0.601. The topological polar surface area (TPSA) is 90.8 Å². The van der Waals surface area contributed by atoms with Crippen LogP contribution >= 0.6 is 0 Å². The number of hydrogen-bond acceptors (Lipinski definition) is 4. The zero-order valence-corrected chi connectivity index (χ0v) is 9.25. The Bertz CT molecular complexity index is 610. The molecule has 0 spiro atoms. The summed E-state index contributed by atoms with van der Waals surface area (Å²) in [6, 6.07) is 4.81. The summed E-state index contributed by atoms with van der Waals surface area (Å²) < 4.78 is 22.6. The summed E-state index contributed by atoms with van der Waals surface area (Å²) in [7, 11) is -2.96. The highest BCUT2D eigenvalue weighted by atomic mass is 32.2. The lowest BCUT2D eigenvalue weighted by Gasteiger charge is -2.06. The second-order valence-corrected chi connectivity index (χ2v) is 6.10. The minimum Gasteiger partial charge on any atom is -0.325 e. The average molecular weight is 238 g/mol. The largest absolute Gasteiger partial charge is 0.325 e. The number of aromatic nitrogens is 1. The summed E-state index contributed by atoms with van der Waals surface area (Å²) >= 11 is 0. The number of sulfone groups is 1. The normalized spacial score (nSPS) is 22.8. The summed E-state index contributed by atoms with van der Waals surface area (Å²) in [6.45, 7) is 0. The Kier molecular flexibility index (Phi) is 2.56. The van der Waals surface area contributed by atoms with Crippen LogP contribution < -0.4 is 5.56 Å². The number of aromatic amines is 1. The second-order valence-electron chi connectivity index (χ2n) is 3.87. The van der Waals surface area contributed by atoms with Gasteiger partial charge in [0.2, 0.25) is 0 Å². The Morgan fingerprint density at radius 1 is 1.44 bits per heavy atom. The first-order valence-electron chi connectivity index (χ1n) is 4.85. The van der Waals surface area contributed by atoms with Gasteiger partial charge in [0.05, 0.1) is 11.5 Å². The lowest BCUT2D eigenvalue weighted by atomic mass is 10.0. The van der Waals surface area contributed by atoms with E-state index < -0.39 is 15.4 Å². The van der Waals surface area contributed by atoms with E-state index in [4.69, 9.17) is 5.26 Å². The molecule has 2 heterocycles. The van der Waals surface area contributed by atoms with Gasteiger partial charge in [0, 0.05) is 11.6 Å². The number of nitriles is 1. The molecular weight excluding hydrogens is 228 g/mol. The first kappa shape index (κ1) is 10.9. The van der Waals surface area contributed by atoms with Gasteiger partial charge in [0.1, 0.15) is 11.6 Å². The first-order chi connectivity index (χ1) is 7.52. The third-order valence-electron chi connectivity index (χ3n) is 2.72. The molecule has 1 unspecified atom stereocenters. The van der Waals surface area contributed by atoms with Crippen LogP contribution in [0.4, 0.5) is 0 Å². The molecule has 6 heteroatoms. The van der Waals surface area contributed by atoms with Gasteiger partial charge in [-0.1, -0.05) is 0 Å². The van der Waals surface area contributed by atoms with Crippen molar-refractivity contribution in [2.75, 3.05) is 11.5 Å². The van der Waals surface area contributed by atoms with Crippen LogP contribution in [-0.4, -0.2) is 24.9 Å². The molecule has 1 aromatic rings. The molecule has 0 aliphatic carbocycles. The van der Waals surface area contributed by atoms with Crippen molar-refractivity contribution in [1.29, 1.82) is 5.26 Å². The fourth-order valence-corrected chi connectivity index (χ4v) is 3.62. The van der Waals surface area contributed by atoms with Crippen LogP contribution in [0.3, 0.4) is 0 Å². The number of nitrogens with one attached hydrogen (secondary N) is 1. The van der Waals surface area contributed by atoms with Crippen LogP contribution in [0.5, 0.6) is 0 Å². The summed E-state index contributed by atoms with van der Waals surface area (Å²) in [5.74, 6) is 0.0968. The minimum absolute atomic E-state index is 0.0459. The van der Waals surface area contributed by atoms with E-state index in [2.05, 4.69) is 4.98 Å². The van der Waals surface area contributed by atoms with Gasteiger partial charge in [-0.15, -0.1) is 0 Å². The predicted octanol–water partition coefficient (Wildman–Crippen LogP) is 0.149. The summed E-state index contributed by atoms with van der Waals surface area (Å²) in [6.07, 6.45) is 0.532. The number of hydrogen-bond donors (Lipinski definition) is 1. The summed E-state index contributed by atoms with van der Waals surface area (Å²) in [4.78, 5) is 13.9. The molecule has 1 saturated heterocycles. The highest BCUT2D eigenvalue weighted by molar-refractivity contribution is 7.91. The van der Waals surface area contributed by atoms with Crippen molar-refractivity contribution in [3.8, 4) is 6.07 Å². The predicted molar refractivity (Wildman–Crippen MR) is 57.8 cm³/mol. The van der Waals surface area contributed by atoms with Crippen molar-refractivity contribution >= 4 is 9.84 Å². The highest BCUT2D eigenvalue weighted by Gasteiger charge is 2.29. The average Bonchev–Trinajstić information content (AvgIpc) is 2.59. The van der Waals surface area contributed by atoms with Crippen molar-refractivity contribution in [2.24, 2.45) is 0 Å². The standard InChI is InChI=1S/C10H10N2O3S/c11-5-7-1-2-9(12-10(7)13)8-3-4-16(14,15)6-8/h1-2,8H,3-4,6H2,(H,12,13). The molecule has 0 aromatic carbocycles. The third kappa shape index (κ3) is 1.99. The Balaban J connectivity index is 2.34. The first-order valence-corrected chi connectivity index (χ1v) is 6.68. The lowest BCUT2D eigenvalue weighted by Crippen LogP contribution is -2.15. The van der Waals surface area contributed by atoms with E-state index in [0.29, 0.717) is 12.1 Å². The van der Waals surface area contributed by atoms with Gasteiger partial charge in [-0.3, -0.25) is 4.79 Å². The van der Waals surface area contributed by atoms with Crippen LogP contribution in [-0.2, 0) is 9.84 Å². The molecule has 2 rings (SSSR count). The third-order valence-corrected chi connectivity index (χ3v) is 4.49. The van der Waals surface area contributed by atoms with Crippen LogP contribution in [0.15, 0.2) is 16.9 Å². The quantitative estimate of drug-likeness (QED) is 0.753. The Morgan fingerprint density at radius 3 is 2.69 bits per heavy atom. The van der Waals surface area contributed by atoms with Crippen molar-refractivity contribution in [3.05, 3.63) is 33.7 Å². The molecule has 0 saturated carbocycles. The van der Waals surface area contributed by atoms with Gasteiger partial charge in [-0.05, 0) is 18.6 Å². The van der Waals surface area contributed by atoms with Crippen molar-refractivity contribution in [2.45, 2.75) is 12.3 Å². The molecule has 0 radical (unpaired) electrons. The fourth-order valence-electron chi connectivity index (χ4n) is 1.86. The zero-order valence-electron chi connectivity index (χ0n) is 8.43. The van der Waals surface area contributed by atoms with Gasteiger partial charge in [-0.2, -0.15) is 5.26 Å². The number of pyridine rings is 1. The molecule has 1 fully saturated rings. The molecule has 84 valence electrons. The highest BCUT2D eigenvalue weighted by Crippen LogP contribution is 2.26. The molecule has 5 nitrogen and oxygen atoms in total. The molecular formula is C10H10N2O3S. The van der Waals surface area contributed by atoms with Crippen LogP contribution in [0.1, 0.15) is 23.6 Å². The van der Waals surface area contributed by atoms with Crippen LogP contribution in [0, 0.1) is 11.3 Å². The van der Waals surface area contributed by atoms with Crippen LogP contribution in [0.25, 0.3) is 0 Å². The maximum Gasteiger partial charge on any atom is 0.266 e. The Morgan fingerprint density at radius 2 is 2.19 bits per heavy atom. The van der Waals surface area contributed by atoms with Gasteiger partial charge in [0.25, 0.3) is 5.56 Å². The van der Waals surface area contributed by atoms with E-state index in [-0.39, 0.29) is 23.0 Å². The van der Waals surface area contributed by atoms with Gasteiger partial charge < -0.3 is 4.98 Å². The molecule has 1 aliphatic heterocycles. The fraction of sp³-hybridized carbons (Fsp3) is 0.400. The van der Waals surface area contributed by atoms with E-state index in [9.17, 15) is 13.2 Å². The van der Waals surface area contributed by atoms with E-state index in [1.165, 1.54) is 6.07 Å². The molecule has 1 atom stereocenters. The Labute approximate surface area is 92.6 Å². The second kappa shape index (κ2) is 3.76. The molecule has 0 amide bonds. The molecule has 0 bridgehead atoms. The van der Waals surface area contributed by atoms with Crippen molar-refractivity contribution in [1.82, 2.24) is 4.98 Å². The van der Waals surface area contributed by atoms with Crippen molar-refractivity contribution in [3.63, 3.8) is 0 Å². The van der Waals surface area contributed by atoms with E-state index in [1.54, 1.807) is 12.1 Å². The molecule has 1 N–H and O–H groups in total. The molecule has 16 heavy (non-hydrogen) atoms. The maximum absolute atomic E-state index is 11.4. The van der Waals surface area contributed by atoms with E-state index >= 15 is 0 Å². The smallest absolute Gasteiger partial charge is 0.266 e. The maximum atomic E-state index is 11.4. The molecule has 1 aliphatic rings.